The van der Waals surface area contributed by atoms with Gasteiger partial charge in [0.15, 0.2) is 9.84 Å². The Morgan fingerprint density at radius 3 is 2.72 bits per heavy atom. The third-order valence-corrected chi connectivity index (χ3v) is 4.24. The first kappa shape index (κ1) is 14.7. The largest absolute Gasteiger partial charge is 0.478 e. The number of sulfone groups is 1. The maximum Gasteiger partial charge on any atom is 0.335 e. The van der Waals surface area contributed by atoms with Crippen molar-refractivity contribution in [2.45, 2.75) is 13.5 Å². The zero-order valence-electron chi connectivity index (χ0n) is 10.2. The summed E-state index contributed by atoms with van der Waals surface area (Å²) in [5, 5.41) is 11.8. The first-order valence-corrected chi connectivity index (χ1v) is 7.50. The van der Waals surface area contributed by atoms with Crippen molar-refractivity contribution < 1.29 is 18.3 Å². The number of rotatable bonds is 7. The number of carboxylic acid groups (broad SMARTS) is 1. The molecule has 0 unspecified atom stereocenters. The highest BCUT2D eigenvalue weighted by atomic mass is 32.2. The van der Waals surface area contributed by atoms with Crippen LogP contribution in [0, 0.1) is 0 Å². The summed E-state index contributed by atoms with van der Waals surface area (Å²) in [4.78, 5) is 10.8. The molecule has 0 saturated heterocycles. The Morgan fingerprint density at radius 1 is 1.39 bits per heavy atom. The van der Waals surface area contributed by atoms with Crippen molar-refractivity contribution in [3.8, 4) is 0 Å². The fourth-order valence-corrected chi connectivity index (χ4v) is 2.16. The third-order valence-electron chi connectivity index (χ3n) is 2.53. The monoisotopic (exact) mass is 271 g/mol. The molecule has 2 N–H and O–H groups in total. The van der Waals surface area contributed by atoms with Crippen LogP contribution in [-0.4, -0.2) is 37.5 Å². The summed E-state index contributed by atoms with van der Waals surface area (Å²) in [7, 11) is -2.95. The van der Waals surface area contributed by atoms with Gasteiger partial charge in [0.05, 0.1) is 11.3 Å². The lowest BCUT2D eigenvalue weighted by molar-refractivity contribution is 0.0696. The fourth-order valence-electron chi connectivity index (χ4n) is 1.42. The minimum Gasteiger partial charge on any atom is -0.478 e. The second kappa shape index (κ2) is 6.51. The molecule has 5 nitrogen and oxygen atoms in total. The van der Waals surface area contributed by atoms with E-state index in [1.807, 2.05) is 0 Å². The van der Waals surface area contributed by atoms with Crippen molar-refractivity contribution in [2.24, 2.45) is 0 Å². The molecule has 0 bridgehead atoms. The van der Waals surface area contributed by atoms with E-state index in [4.69, 9.17) is 5.11 Å². The summed E-state index contributed by atoms with van der Waals surface area (Å²) in [6, 6.07) is 6.56. The Labute approximate surface area is 107 Å². The highest BCUT2D eigenvalue weighted by molar-refractivity contribution is 7.91. The second-order valence-corrected chi connectivity index (χ2v) is 6.39. The summed E-state index contributed by atoms with van der Waals surface area (Å²) in [5.74, 6) is -0.726. The van der Waals surface area contributed by atoms with Gasteiger partial charge in [-0.25, -0.2) is 13.2 Å². The van der Waals surface area contributed by atoms with Gasteiger partial charge >= 0.3 is 5.97 Å². The Morgan fingerprint density at radius 2 is 2.11 bits per heavy atom. The van der Waals surface area contributed by atoms with Crippen molar-refractivity contribution in [3.63, 3.8) is 0 Å². The van der Waals surface area contributed by atoms with E-state index in [1.54, 1.807) is 25.1 Å². The normalized spacial score (nSPS) is 11.4. The van der Waals surface area contributed by atoms with Crippen molar-refractivity contribution in [1.29, 1.82) is 0 Å². The molecular formula is C12H17NO4S. The smallest absolute Gasteiger partial charge is 0.335 e. The van der Waals surface area contributed by atoms with Crippen LogP contribution in [0.2, 0.25) is 0 Å². The van der Waals surface area contributed by atoms with Gasteiger partial charge < -0.3 is 10.4 Å². The average molecular weight is 271 g/mol. The molecule has 0 radical (unpaired) electrons. The maximum absolute atomic E-state index is 11.2. The lowest BCUT2D eigenvalue weighted by atomic mass is 10.1. The van der Waals surface area contributed by atoms with Crippen molar-refractivity contribution in [3.05, 3.63) is 35.4 Å². The van der Waals surface area contributed by atoms with E-state index in [0.717, 1.165) is 5.56 Å². The number of carboxylic acids is 1. The van der Waals surface area contributed by atoms with Crippen LogP contribution in [0.15, 0.2) is 24.3 Å². The lowest BCUT2D eigenvalue weighted by Crippen LogP contribution is -2.23. The van der Waals surface area contributed by atoms with Gasteiger partial charge in [0, 0.05) is 18.8 Å². The number of benzene rings is 1. The summed E-state index contributed by atoms with van der Waals surface area (Å²) in [6.45, 7) is 2.44. The molecule has 100 valence electrons. The van der Waals surface area contributed by atoms with Gasteiger partial charge in [-0.05, 0) is 17.7 Å². The minimum absolute atomic E-state index is 0.0993. The number of nitrogens with one attached hydrogen (secondary N) is 1. The first-order chi connectivity index (χ1) is 8.44. The number of hydrogen-bond donors (Lipinski definition) is 2. The number of hydrogen-bond acceptors (Lipinski definition) is 4. The number of carbonyl (C=O) groups is 1. The maximum atomic E-state index is 11.2. The van der Waals surface area contributed by atoms with Gasteiger partial charge in [0.1, 0.15) is 0 Å². The number of aromatic carboxylic acids is 1. The molecule has 6 heteroatoms. The van der Waals surface area contributed by atoms with Crippen LogP contribution < -0.4 is 5.32 Å². The van der Waals surface area contributed by atoms with Gasteiger partial charge in [0.25, 0.3) is 0 Å². The molecule has 0 aliphatic heterocycles. The van der Waals surface area contributed by atoms with E-state index in [1.165, 1.54) is 6.07 Å². The molecule has 0 aliphatic rings. The van der Waals surface area contributed by atoms with E-state index >= 15 is 0 Å². The first-order valence-electron chi connectivity index (χ1n) is 5.68. The molecule has 0 heterocycles. The van der Waals surface area contributed by atoms with E-state index < -0.39 is 15.8 Å². The highest BCUT2D eigenvalue weighted by Crippen LogP contribution is 2.04. The molecule has 0 atom stereocenters. The topological polar surface area (TPSA) is 83.5 Å². The molecule has 0 aromatic heterocycles. The van der Waals surface area contributed by atoms with Crippen LogP contribution in [0.3, 0.4) is 0 Å². The summed E-state index contributed by atoms with van der Waals surface area (Å²) >= 11 is 0. The van der Waals surface area contributed by atoms with Crippen LogP contribution >= 0.6 is 0 Å². The van der Waals surface area contributed by atoms with Crippen LogP contribution in [0.1, 0.15) is 22.8 Å². The molecule has 1 aromatic carbocycles. The minimum atomic E-state index is -2.95. The van der Waals surface area contributed by atoms with Crippen molar-refractivity contribution in [2.75, 3.05) is 18.1 Å². The molecular weight excluding hydrogens is 254 g/mol. The standard InChI is InChI=1S/C12H17NO4S/c1-2-18(16,17)7-6-13-9-10-4-3-5-11(8-10)12(14)15/h3-5,8,13H,2,6-7,9H2,1H3,(H,14,15). The Hall–Kier alpha value is -1.40. The molecule has 0 saturated carbocycles. The highest BCUT2D eigenvalue weighted by Gasteiger charge is 2.06. The van der Waals surface area contributed by atoms with Crippen LogP contribution in [0.4, 0.5) is 0 Å². The van der Waals surface area contributed by atoms with Crippen molar-refractivity contribution >= 4 is 15.8 Å². The van der Waals surface area contributed by atoms with Gasteiger partial charge in [-0.2, -0.15) is 0 Å². The zero-order chi connectivity index (χ0) is 13.6. The van der Waals surface area contributed by atoms with Crippen molar-refractivity contribution in [1.82, 2.24) is 5.32 Å². The summed E-state index contributed by atoms with van der Waals surface area (Å²) in [6.07, 6.45) is 0. The lowest BCUT2D eigenvalue weighted by Gasteiger charge is -2.05. The molecule has 1 aromatic rings. The third kappa shape index (κ3) is 4.85. The molecule has 18 heavy (non-hydrogen) atoms. The van der Waals surface area contributed by atoms with Gasteiger partial charge in [-0.15, -0.1) is 0 Å². The molecule has 0 aliphatic carbocycles. The van der Waals surface area contributed by atoms with E-state index in [2.05, 4.69) is 5.32 Å². The molecule has 0 amide bonds. The fraction of sp³-hybridized carbons (Fsp3) is 0.417. The van der Waals surface area contributed by atoms with E-state index in [9.17, 15) is 13.2 Å². The van der Waals surface area contributed by atoms with Gasteiger partial charge in [-0.1, -0.05) is 19.1 Å². The van der Waals surface area contributed by atoms with Crippen LogP contribution in [-0.2, 0) is 16.4 Å². The van der Waals surface area contributed by atoms with E-state index in [0.29, 0.717) is 13.1 Å². The Balaban J connectivity index is 2.45. The van der Waals surface area contributed by atoms with Crippen LogP contribution in [0.5, 0.6) is 0 Å². The van der Waals surface area contributed by atoms with Crippen LogP contribution in [0.25, 0.3) is 0 Å². The molecule has 0 fully saturated rings. The molecule has 1 rings (SSSR count). The average Bonchev–Trinajstić information content (AvgIpc) is 2.35. The predicted octanol–water partition coefficient (Wildman–Crippen LogP) is 0.909. The van der Waals surface area contributed by atoms with Gasteiger partial charge in [0.2, 0.25) is 0 Å². The SMILES string of the molecule is CCS(=O)(=O)CCNCc1cccc(C(=O)O)c1. The Bertz CT molecular complexity index is 511. The molecule has 0 spiro atoms. The van der Waals surface area contributed by atoms with E-state index in [-0.39, 0.29) is 17.1 Å². The predicted molar refractivity (Wildman–Crippen MR) is 69.4 cm³/mol. The Kier molecular flexibility index (Phi) is 5.30. The second-order valence-electron chi connectivity index (χ2n) is 3.92. The quantitative estimate of drug-likeness (QED) is 0.720. The summed E-state index contributed by atoms with van der Waals surface area (Å²) in [5.41, 5.74) is 1.05. The van der Waals surface area contributed by atoms with Gasteiger partial charge in [-0.3, -0.25) is 0 Å². The zero-order valence-corrected chi connectivity index (χ0v) is 11.0. The summed E-state index contributed by atoms with van der Waals surface area (Å²) < 4.78 is 22.5.